The molecule has 3 aromatic rings. The van der Waals surface area contributed by atoms with E-state index in [1.165, 1.54) is 12.4 Å². The molecule has 0 atom stereocenters. The van der Waals surface area contributed by atoms with Gasteiger partial charge in [0.25, 0.3) is 5.91 Å². The maximum Gasteiger partial charge on any atom is 0.266 e. The Balaban J connectivity index is 1.80. The lowest BCUT2D eigenvalue weighted by molar-refractivity contribution is -0.112. The molecule has 2 aromatic carbocycles. The molecule has 8 heteroatoms. The number of amides is 1. The molecule has 0 radical (unpaired) electrons. The maximum atomic E-state index is 12.3. The summed E-state index contributed by atoms with van der Waals surface area (Å²) in [6.07, 6.45) is 4.50. The average Bonchev–Trinajstić information content (AvgIpc) is 3.18. The van der Waals surface area contributed by atoms with E-state index in [0.717, 1.165) is 5.69 Å². The van der Waals surface area contributed by atoms with Crippen LogP contribution in [0.25, 0.3) is 11.8 Å². The first-order valence-corrected chi connectivity index (χ1v) is 8.16. The van der Waals surface area contributed by atoms with E-state index in [9.17, 15) is 10.1 Å². The van der Waals surface area contributed by atoms with E-state index in [-0.39, 0.29) is 10.6 Å². The summed E-state index contributed by atoms with van der Waals surface area (Å²) in [5, 5.41) is 16.5. The van der Waals surface area contributed by atoms with Crippen molar-refractivity contribution in [1.82, 2.24) is 14.8 Å². The monoisotopic (exact) mass is 383 g/mol. The van der Waals surface area contributed by atoms with Crippen molar-refractivity contribution in [2.24, 2.45) is 0 Å². The highest BCUT2D eigenvalue weighted by molar-refractivity contribution is 6.44. The minimum Gasteiger partial charge on any atom is -0.320 e. The second-order valence-electron chi connectivity index (χ2n) is 5.16. The summed E-state index contributed by atoms with van der Waals surface area (Å²) >= 11 is 12.0. The van der Waals surface area contributed by atoms with E-state index in [0.29, 0.717) is 16.3 Å². The second kappa shape index (κ2) is 7.83. The van der Waals surface area contributed by atoms with Crippen LogP contribution in [0.15, 0.2) is 60.7 Å². The largest absolute Gasteiger partial charge is 0.320 e. The molecule has 0 fully saturated rings. The normalized spacial score (nSPS) is 11.0. The van der Waals surface area contributed by atoms with Gasteiger partial charge in [0.2, 0.25) is 0 Å². The average molecular weight is 384 g/mol. The predicted octanol–water partition coefficient (Wildman–Crippen LogP) is 4.12. The zero-order valence-electron chi connectivity index (χ0n) is 13.2. The van der Waals surface area contributed by atoms with Gasteiger partial charge in [0.15, 0.2) is 0 Å². The molecule has 0 bridgehead atoms. The van der Waals surface area contributed by atoms with Crippen molar-refractivity contribution >= 4 is 40.9 Å². The number of halogens is 2. The molecule has 6 nitrogen and oxygen atoms in total. The number of hydrogen-bond acceptors (Lipinski definition) is 4. The first-order valence-electron chi connectivity index (χ1n) is 7.40. The molecule has 0 saturated heterocycles. The highest BCUT2D eigenvalue weighted by Crippen LogP contribution is 2.29. The van der Waals surface area contributed by atoms with E-state index < -0.39 is 5.91 Å². The fraction of sp³-hybridized carbons (Fsp3) is 0. The Labute approximate surface area is 159 Å². The third-order valence-corrected chi connectivity index (χ3v) is 4.27. The SMILES string of the molecule is N#C/C(=C\c1ccc(-n2cncn2)cc1)C(=O)Nc1cccc(Cl)c1Cl. The van der Waals surface area contributed by atoms with Crippen molar-refractivity contribution in [2.75, 3.05) is 5.32 Å². The Morgan fingerprint density at radius 1 is 1.19 bits per heavy atom. The van der Waals surface area contributed by atoms with Gasteiger partial charge in [0, 0.05) is 0 Å². The highest BCUT2D eigenvalue weighted by Gasteiger charge is 2.12. The van der Waals surface area contributed by atoms with Gasteiger partial charge in [0.05, 0.1) is 21.4 Å². The van der Waals surface area contributed by atoms with Gasteiger partial charge in [-0.05, 0) is 35.9 Å². The van der Waals surface area contributed by atoms with Crippen LogP contribution in [-0.2, 0) is 4.79 Å². The summed E-state index contributed by atoms with van der Waals surface area (Å²) in [6, 6.07) is 13.9. The zero-order valence-corrected chi connectivity index (χ0v) is 14.7. The molecule has 0 aliphatic rings. The quantitative estimate of drug-likeness (QED) is 0.542. The minimum atomic E-state index is -0.572. The summed E-state index contributed by atoms with van der Waals surface area (Å²) in [5.74, 6) is -0.572. The standard InChI is InChI=1S/C18H11Cl2N5O/c19-15-2-1-3-16(17(15)20)24-18(26)13(9-21)8-12-4-6-14(7-5-12)25-11-22-10-23-25/h1-8,10-11H,(H,24,26)/b13-8+. The van der Waals surface area contributed by atoms with Gasteiger partial charge in [-0.3, -0.25) is 4.79 Å². The molecule has 1 heterocycles. The van der Waals surface area contributed by atoms with Crippen LogP contribution < -0.4 is 5.32 Å². The van der Waals surface area contributed by atoms with E-state index in [1.807, 2.05) is 6.07 Å². The number of aromatic nitrogens is 3. The van der Waals surface area contributed by atoms with Crippen molar-refractivity contribution in [1.29, 1.82) is 5.26 Å². The van der Waals surface area contributed by atoms with E-state index >= 15 is 0 Å². The third-order valence-electron chi connectivity index (χ3n) is 3.45. The predicted molar refractivity (Wildman–Crippen MR) is 100 cm³/mol. The van der Waals surface area contributed by atoms with Crippen molar-refractivity contribution in [3.63, 3.8) is 0 Å². The van der Waals surface area contributed by atoms with Gasteiger partial charge in [-0.2, -0.15) is 10.4 Å². The van der Waals surface area contributed by atoms with Crippen molar-refractivity contribution in [3.8, 4) is 11.8 Å². The summed E-state index contributed by atoms with van der Waals surface area (Å²) in [5.41, 5.74) is 1.78. The maximum absolute atomic E-state index is 12.3. The molecular weight excluding hydrogens is 373 g/mol. The molecule has 1 amide bonds. The second-order valence-corrected chi connectivity index (χ2v) is 5.94. The van der Waals surface area contributed by atoms with Gasteiger partial charge in [-0.15, -0.1) is 0 Å². The first-order chi connectivity index (χ1) is 12.6. The molecule has 26 heavy (non-hydrogen) atoms. The first kappa shape index (κ1) is 17.7. The number of rotatable bonds is 4. The molecule has 0 saturated carbocycles. The molecule has 0 aliphatic carbocycles. The summed E-state index contributed by atoms with van der Waals surface area (Å²) in [6.45, 7) is 0. The Morgan fingerprint density at radius 3 is 2.62 bits per heavy atom. The van der Waals surface area contributed by atoms with Gasteiger partial charge < -0.3 is 5.32 Å². The van der Waals surface area contributed by atoms with Crippen LogP contribution in [0, 0.1) is 11.3 Å². The summed E-state index contributed by atoms with van der Waals surface area (Å²) in [7, 11) is 0. The number of carbonyl (C=O) groups excluding carboxylic acids is 1. The lowest BCUT2D eigenvalue weighted by Gasteiger charge is -2.07. The highest BCUT2D eigenvalue weighted by atomic mass is 35.5. The Bertz CT molecular complexity index is 1010. The zero-order chi connectivity index (χ0) is 18.5. The molecule has 0 aliphatic heterocycles. The number of carbonyl (C=O) groups is 1. The Hall–Kier alpha value is -3.14. The molecule has 0 unspecified atom stereocenters. The Kier molecular flexibility index (Phi) is 5.32. The van der Waals surface area contributed by atoms with Crippen molar-refractivity contribution in [3.05, 3.63) is 76.3 Å². The van der Waals surface area contributed by atoms with Gasteiger partial charge in [-0.25, -0.2) is 9.67 Å². The summed E-state index contributed by atoms with van der Waals surface area (Å²) in [4.78, 5) is 16.2. The number of benzene rings is 2. The van der Waals surface area contributed by atoms with Crippen LogP contribution in [-0.4, -0.2) is 20.7 Å². The Morgan fingerprint density at radius 2 is 1.96 bits per heavy atom. The van der Waals surface area contributed by atoms with E-state index in [2.05, 4.69) is 15.4 Å². The lowest BCUT2D eigenvalue weighted by Crippen LogP contribution is -2.13. The van der Waals surface area contributed by atoms with Gasteiger partial charge in [-0.1, -0.05) is 41.4 Å². The van der Waals surface area contributed by atoms with Gasteiger partial charge >= 0.3 is 0 Å². The number of anilines is 1. The molecular formula is C18H11Cl2N5O. The molecule has 1 N–H and O–H groups in total. The summed E-state index contributed by atoms with van der Waals surface area (Å²) < 4.78 is 1.60. The minimum absolute atomic E-state index is 0.0606. The number of hydrogen-bond donors (Lipinski definition) is 1. The molecule has 1 aromatic heterocycles. The van der Waals surface area contributed by atoms with Crippen LogP contribution in [0.5, 0.6) is 0 Å². The number of nitriles is 1. The van der Waals surface area contributed by atoms with Crippen LogP contribution >= 0.6 is 23.2 Å². The topological polar surface area (TPSA) is 83.6 Å². The van der Waals surface area contributed by atoms with Crippen LogP contribution in [0.1, 0.15) is 5.56 Å². The molecule has 128 valence electrons. The smallest absolute Gasteiger partial charge is 0.266 e. The van der Waals surface area contributed by atoms with Crippen molar-refractivity contribution in [2.45, 2.75) is 0 Å². The fourth-order valence-corrected chi connectivity index (χ4v) is 2.52. The molecule has 0 spiro atoms. The molecule has 3 rings (SSSR count). The van der Waals surface area contributed by atoms with Crippen molar-refractivity contribution < 1.29 is 4.79 Å². The van der Waals surface area contributed by atoms with Crippen LogP contribution in [0.3, 0.4) is 0 Å². The van der Waals surface area contributed by atoms with Gasteiger partial charge in [0.1, 0.15) is 24.3 Å². The third kappa shape index (κ3) is 3.91. The number of nitrogens with one attached hydrogen (secondary N) is 1. The lowest BCUT2D eigenvalue weighted by atomic mass is 10.1. The number of nitrogens with zero attached hydrogens (tertiary/aromatic N) is 4. The van der Waals surface area contributed by atoms with E-state index in [1.54, 1.807) is 53.5 Å². The van der Waals surface area contributed by atoms with Crippen LogP contribution in [0.4, 0.5) is 5.69 Å². The fourth-order valence-electron chi connectivity index (χ4n) is 2.17. The van der Waals surface area contributed by atoms with E-state index in [4.69, 9.17) is 23.2 Å². The van der Waals surface area contributed by atoms with Crippen LogP contribution in [0.2, 0.25) is 10.0 Å².